The van der Waals surface area contributed by atoms with Crippen LogP contribution in [-0.4, -0.2) is 30.5 Å². The van der Waals surface area contributed by atoms with Gasteiger partial charge < -0.3 is 14.7 Å². The van der Waals surface area contributed by atoms with Crippen LogP contribution in [0.4, 0.5) is 10.2 Å². The third-order valence-electron chi connectivity index (χ3n) is 4.03. The molecule has 0 atom stereocenters. The van der Waals surface area contributed by atoms with Gasteiger partial charge in [0.25, 0.3) is 10.0 Å². The summed E-state index contributed by atoms with van der Waals surface area (Å²) in [4.78, 5) is 9.60. The Hall–Kier alpha value is -2.49. The van der Waals surface area contributed by atoms with Gasteiger partial charge in [-0.1, -0.05) is 35.3 Å². The summed E-state index contributed by atoms with van der Waals surface area (Å²) in [5.74, 6) is -1.55. The largest absolute Gasteiger partial charge is 0.480 e. The Balaban J connectivity index is 1.82. The zero-order valence-corrected chi connectivity index (χ0v) is 15.9. The normalized spacial score (nSPS) is 12.0. The number of benzene rings is 1. The van der Waals surface area contributed by atoms with Crippen LogP contribution in [-0.2, 0) is 10.0 Å². The van der Waals surface area contributed by atoms with E-state index in [4.69, 9.17) is 27.9 Å². The number of sulfonamides is 1. The van der Waals surface area contributed by atoms with Crippen molar-refractivity contribution in [2.45, 2.75) is 4.90 Å². The van der Waals surface area contributed by atoms with Crippen molar-refractivity contribution in [3.05, 3.63) is 46.5 Å². The summed E-state index contributed by atoms with van der Waals surface area (Å²) in [5, 5.41) is 1.60. The highest BCUT2D eigenvalue weighted by Crippen LogP contribution is 2.33. The van der Waals surface area contributed by atoms with Crippen LogP contribution >= 0.6 is 23.2 Å². The van der Waals surface area contributed by atoms with Crippen molar-refractivity contribution in [2.24, 2.45) is 0 Å². The molecule has 4 rings (SSSR count). The Bertz CT molecular complexity index is 1300. The van der Waals surface area contributed by atoms with E-state index in [9.17, 15) is 12.8 Å². The Kier molecular flexibility index (Phi) is 4.17. The van der Waals surface area contributed by atoms with Crippen LogP contribution in [0.25, 0.3) is 21.8 Å². The highest BCUT2D eigenvalue weighted by atomic mass is 35.5. The molecule has 0 bridgehead atoms. The molecule has 3 heterocycles. The van der Waals surface area contributed by atoms with Crippen LogP contribution in [0.3, 0.4) is 0 Å². The number of anilines is 1. The summed E-state index contributed by atoms with van der Waals surface area (Å²) in [6.45, 7) is 0. The zero-order valence-electron chi connectivity index (χ0n) is 13.6. The summed E-state index contributed by atoms with van der Waals surface area (Å²) >= 11 is 11.9. The number of rotatable bonds is 4. The lowest BCUT2D eigenvalue weighted by Crippen LogP contribution is -2.15. The van der Waals surface area contributed by atoms with Gasteiger partial charge in [-0.25, -0.2) is 12.8 Å². The van der Waals surface area contributed by atoms with Crippen molar-refractivity contribution in [3.8, 4) is 5.88 Å². The quantitative estimate of drug-likeness (QED) is 0.451. The monoisotopic (exact) mass is 428 g/mol. The van der Waals surface area contributed by atoms with Gasteiger partial charge >= 0.3 is 0 Å². The van der Waals surface area contributed by atoms with Gasteiger partial charge in [0.15, 0.2) is 11.6 Å². The lowest BCUT2D eigenvalue weighted by molar-refractivity contribution is 0.397. The minimum absolute atomic E-state index is 0.0692. The average molecular weight is 429 g/mol. The maximum Gasteiger partial charge on any atom is 0.265 e. The Labute approximate surface area is 162 Å². The molecular weight excluding hydrogens is 418 g/mol. The van der Waals surface area contributed by atoms with Crippen molar-refractivity contribution in [3.63, 3.8) is 0 Å². The number of nitrogens with one attached hydrogen (secondary N) is 3. The van der Waals surface area contributed by atoms with Crippen LogP contribution in [0.15, 0.2) is 35.5 Å². The molecule has 140 valence electrons. The molecule has 0 aliphatic heterocycles. The fourth-order valence-corrected chi connectivity index (χ4v) is 4.41. The number of ether oxygens (including phenoxy) is 1. The third-order valence-corrected chi connectivity index (χ3v) is 5.99. The molecule has 0 saturated carbocycles. The Morgan fingerprint density at radius 3 is 2.52 bits per heavy atom. The second kappa shape index (κ2) is 6.29. The number of H-pyrrole nitrogens is 2. The predicted octanol–water partition coefficient (Wildman–Crippen LogP) is 4.30. The highest BCUT2D eigenvalue weighted by Gasteiger charge is 2.23. The Morgan fingerprint density at radius 1 is 1.11 bits per heavy atom. The second-order valence-electron chi connectivity index (χ2n) is 5.62. The smallest absolute Gasteiger partial charge is 0.265 e. The molecule has 0 unspecified atom stereocenters. The van der Waals surface area contributed by atoms with E-state index in [0.29, 0.717) is 21.4 Å². The molecule has 0 radical (unpaired) electrons. The van der Waals surface area contributed by atoms with E-state index < -0.39 is 21.7 Å². The molecule has 0 aliphatic rings. The SMILES string of the molecule is COc1nc(NS(=O)(=O)c2c[nH]c3c2ccc2c(Cl)c[nH]c23)c(F)cc1Cl. The maximum absolute atomic E-state index is 14.1. The van der Waals surface area contributed by atoms with E-state index >= 15 is 0 Å². The first-order valence-electron chi connectivity index (χ1n) is 7.51. The maximum atomic E-state index is 14.1. The van der Waals surface area contributed by atoms with E-state index in [1.165, 1.54) is 13.3 Å². The first-order chi connectivity index (χ1) is 12.8. The summed E-state index contributed by atoms with van der Waals surface area (Å²) in [5.41, 5.74) is 1.22. The fourth-order valence-electron chi connectivity index (χ4n) is 2.80. The first kappa shape index (κ1) is 17.9. The van der Waals surface area contributed by atoms with Crippen LogP contribution < -0.4 is 9.46 Å². The molecule has 4 aromatic rings. The van der Waals surface area contributed by atoms with E-state index in [-0.39, 0.29) is 15.8 Å². The van der Waals surface area contributed by atoms with Crippen molar-refractivity contribution in [1.82, 2.24) is 15.0 Å². The first-order valence-corrected chi connectivity index (χ1v) is 9.75. The number of methoxy groups -OCH3 is 1. The Morgan fingerprint density at radius 2 is 1.78 bits per heavy atom. The summed E-state index contributed by atoms with van der Waals surface area (Å²) in [7, 11) is -2.86. The molecule has 27 heavy (non-hydrogen) atoms. The van der Waals surface area contributed by atoms with Crippen molar-refractivity contribution in [2.75, 3.05) is 11.8 Å². The van der Waals surface area contributed by atoms with Crippen LogP contribution in [0, 0.1) is 5.82 Å². The van der Waals surface area contributed by atoms with Gasteiger partial charge in [-0.15, -0.1) is 0 Å². The van der Waals surface area contributed by atoms with Crippen molar-refractivity contribution < 1.29 is 17.5 Å². The van der Waals surface area contributed by atoms with Crippen LogP contribution in [0.1, 0.15) is 0 Å². The summed E-state index contributed by atoms with van der Waals surface area (Å²) < 4.78 is 46.7. The number of hydrogen-bond donors (Lipinski definition) is 3. The minimum atomic E-state index is -4.15. The number of halogens is 3. The molecule has 0 fully saturated rings. The van der Waals surface area contributed by atoms with Gasteiger partial charge in [0, 0.05) is 29.2 Å². The number of aromatic nitrogens is 3. The number of nitrogens with zero attached hydrogens (tertiary/aromatic N) is 1. The van der Waals surface area contributed by atoms with Crippen LogP contribution in [0.2, 0.25) is 10.0 Å². The average Bonchev–Trinajstić information content (AvgIpc) is 3.21. The van der Waals surface area contributed by atoms with Gasteiger partial charge in [-0.05, 0) is 0 Å². The molecule has 0 spiro atoms. The predicted molar refractivity (Wildman–Crippen MR) is 102 cm³/mol. The van der Waals surface area contributed by atoms with E-state index in [0.717, 1.165) is 11.5 Å². The topological polar surface area (TPSA) is 99.9 Å². The van der Waals surface area contributed by atoms with Gasteiger partial charge in [0.2, 0.25) is 5.88 Å². The molecule has 0 amide bonds. The summed E-state index contributed by atoms with van der Waals surface area (Å²) in [6.07, 6.45) is 2.92. The molecular formula is C16H11Cl2FN4O3S. The van der Waals surface area contributed by atoms with Crippen LogP contribution in [0.5, 0.6) is 5.88 Å². The number of aromatic amines is 2. The molecule has 3 N–H and O–H groups in total. The zero-order chi connectivity index (χ0) is 19.3. The summed E-state index contributed by atoms with van der Waals surface area (Å²) in [6, 6.07) is 4.24. The molecule has 1 aromatic carbocycles. The van der Waals surface area contributed by atoms with Crippen molar-refractivity contribution >= 4 is 60.8 Å². The molecule has 7 nitrogen and oxygen atoms in total. The minimum Gasteiger partial charge on any atom is -0.480 e. The fraction of sp³-hybridized carbons (Fsp3) is 0.0625. The lowest BCUT2D eigenvalue weighted by atomic mass is 10.2. The number of pyridine rings is 1. The highest BCUT2D eigenvalue weighted by molar-refractivity contribution is 7.93. The van der Waals surface area contributed by atoms with Crippen molar-refractivity contribution in [1.29, 1.82) is 0 Å². The second-order valence-corrected chi connectivity index (χ2v) is 8.08. The standard InChI is InChI=1S/C16H11Cl2FN4O3S/c1-26-16-9(17)4-11(19)15(22-16)23-27(24,25)12-6-21-14-8(12)3-2-7-10(18)5-20-13(7)14/h2-6,20-21H,1H3,(H,22,23). The van der Waals surface area contributed by atoms with Gasteiger partial charge in [-0.2, -0.15) is 4.98 Å². The number of hydrogen-bond acceptors (Lipinski definition) is 4. The van der Waals surface area contributed by atoms with E-state index in [1.807, 2.05) is 0 Å². The van der Waals surface area contributed by atoms with Gasteiger partial charge in [0.1, 0.15) is 9.92 Å². The molecule has 3 aromatic heterocycles. The molecule has 0 aliphatic carbocycles. The van der Waals surface area contributed by atoms with Gasteiger partial charge in [-0.3, -0.25) is 4.72 Å². The lowest BCUT2D eigenvalue weighted by Gasteiger charge is -2.10. The van der Waals surface area contributed by atoms with E-state index in [1.54, 1.807) is 18.3 Å². The van der Waals surface area contributed by atoms with E-state index in [2.05, 4.69) is 19.7 Å². The third kappa shape index (κ3) is 2.88. The number of fused-ring (bicyclic) bond motifs is 3. The molecule has 0 saturated heterocycles. The van der Waals surface area contributed by atoms with Gasteiger partial charge in [0.05, 0.1) is 23.2 Å². The molecule has 11 heteroatoms.